The van der Waals surface area contributed by atoms with Gasteiger partial charge < -0.3 is 0 Å². The second-order valence-electron chi connectivity index (χ2n) is 2.00. The van der Waals surface area contributed by atoms with Gasteiger partial charge in [-0.2, -0.15) is 0 Å². The third-order valence-corrected chi connectivity index (χ3v) is 1.81. The van der Waals surface area contributed by atoms with Gasteiger partial charge in [-0.25, -0.2) is 0 Å². The minimum absolute atomic E-state index is 0.691. The van der Waals surface area contributed by atoms with Crippen LogP contribution >= 0.6 is 15.9 Å². The highest BCUT2D eigenvalue weighted by molar-refractivity contribution is 9.09. The summed E-state index contributed by atoms with van der Waals surface area (Å²) in [6, 6.07) is 0. The van der Waals surface area contributed by atoms with E-state index in [9.17, 15) is 0 Å². The largest absolute Gasteiger partial charge is 0.290 e. The van der Waals surface area contributed by atoms with E-state index in [0.29, 0.717) is 4.83 Å². The average Bonchev–Trinajstić information content (AvgIpc) is 1.64. The van der Waals surface area contributed by atoms with Gasteiger partial charge >= 0.3 is 0 Å². The van der Waals surface area contributed by atoms with E-state index in [1.807, 2.05) is 0 Å². The van der Waals surface area contributed by atoms with Crippen molar-refractivity contribution in [3.8, 4) is 12.3 Å². The first-order valence-electron chi connectivity index (χ1n) is 2.63. The van der Waals surface area contributed by atoms with E-state index in [2.05, 4.69) is 26.8 Å². The van der Waals surface area contributed by atoms with Crippen molar-refractivity contribution in [1.82, 2.24) is 4.90 Å². The molecule has 1 rings (SSSR count). The minimum Gasteiger partial charge on any atom is -0.290 e. The van der Waals surface area contributed by atoms with Gasteiger partial charge in [-0.3, -0.25) is 4.90 Å². The van der Waals surface area contributed by atoms with Crippen molar-refractivity contribution in [2.24, 2.45) is 0 Å². The molecule has 0 spiro atoms. The van der Waals surface area contributed by atoms with Crippen molar-refractivity contribution in [1.29, 1.82) is 0 Å². The molecule has 1 nitrogen and oxygen atoms in total. The van der Waals surface area contributed by atoms with Crippen LogP contribution in [0.4, 0.5) is 0 Å². The maximum atomic E-state index is 5.08. The molecular weight excluding hydrogens is 166 g/mol. The van der Waals surface area contributed by atoms with Gasteiger partial charge in [0, 0.05) is 17.9 Å². The van der Waals surface area contributed by atoms with Gasteiger partial charge in [0.15, 0.2) is 0 Å². The standard InChI is InChI=1S/C6H8BrN/c1-2-3-8-4-6(7)5-8/h1,6H,3-5H2. The molecule has 1 heterocycles. The summed E-state index contributed by atoms with van der Waals surface area (Å²) in [5, 5.41) is 0. The molecule has 0 unspecified atom stereocenters. The molecule has 0 bridgehead atoms. The van der Waals surface area contributed by atoms with Gasteiger partial charge in [-0.15, -0.1) is 6.42 Å². The Morgan fingerprint density at radius 1 is 1.75 bits per heavy atom. The van der Waals surface area contributed by atoms with Crippen LogP contribution in [0.3, 0.4) is 0 Å². The number of rotatable bonds is 1. The molecule has 1 aliphatic heterocycles. The van der Waals surface area contributed by atoms with Crippen LogP contribution in [-0.2, 0) is 0 Å². The number of likely N-dealkylation sites (tertiary alicyclic amines) is 1. The summed E-state index contributed by atoms with van der Waals surface area (Å²) in [6.45, 7) is 3.04. The summed E-state index contributed by atoms with van der Waals surface area (Å²) in [6.07, 6.45) is 5.08. The maximum absolute atomic E-state index is 5.08. The molecule has 1 fully saturated rings. The lowest BCUT2D eigenvalue weighted by Crippen LogP contribution is -2.47. The van der Waals surface area contributed by atoms with E-state index >= 15 is 0 Å². The van der Waals surface area contributed by atoms with E-state index in [1.165, 1.54) is 0 Å². The highest BCUT2D eigenvalue weighted by atomic mass is 79.9. The van der Waals surface area contributed by atoms with E-state index in [4.69, 9.17) is 6.42 Å². The predicted octanol–water partition coefficient (Wildman–Crippen LogP) is 0.699. The topological polar surface area (TPSA) is 3.24 Å². The zero-order valence-corrected chi connectivity index (χ0v) is 6.19. The van der Waals surface area contributed by atoms with Gasteiger partial charge in [0.05, 0.1) is 6.54 Å². The number of alkyl halides is 1. The van der Waals surface area contributed by atoms with E-state index in [-0.39, 0.29) is 0 Å². The average molecular weight is 174 g/mol. The van der Waals surface area contributed by atoms with Crippen molar-refractivity contribution in [3.63, 3.8) is 0 Å². The Hall–Kier alpha value is 0. The molecule has 0 aliphatic carbocycles. The van der Waals surface area contributed by atoms with Gasteiger partial charge in [-0.05, 0) is 0 Å². The summed E-state index contributed by atoms with van der Waals surface area (Å²) < 4.78 is 0. The third-order valence-electron chi connectivity index (χ3n) is 1.23. The Kier molecular flexibility index (Phi) is 1.93. The Balaban J connectivity index is 2.09. The first kappa shape index (κ1) is 6.12. The van der Waals surface area contributed by atoms with Gasteiger partial charge in [0.2, 0.25) is 0 Å². The molecule has 2 heteroatoms. The lowest BCUT2D eigenvalue weighted by atomic mass is 10.2. The Morgan fingerprint density at radius 2 is 2.38 bits per heavy atom. The molecule has 0 N–H and O–H groups in total. The first-order valence-corrected chi connectivity index (χ1v) is 3.54. The number of nitrogens with zero attached hydrogens (tertiary/aromatic N) is 1. The molecule has 0 aromatic rings. The summed E-state index contributed by atoms with van der Waals surface area (Å²) in [5.41, 5.74) is 0. The van der Waals surface area contributed by atoms with Gasteiger partial charge in [0.1, 0.15) is 0 Å². The van der Waals surface area contributed by atoms with Gasteiger partial charge in [0.25, 0.3) is 0 Å². The Labute approximate surface area is 58.2 Å². The van der Waals surface area contributed by atoms with Crippen LogP contribution < -0.4 is 0 Å². The van der Waals surface area contributed by atoms with E-state index in [1.54, 1.807) is 0 Å². The normalized spacial score (nSPS) is 22.0. The lowest BCUT2D eigenvalue weighted by molar-refractivity contribution is 0.220. The van der Waals surface area contributed by atoms with Gasteiger partial charge in [-0.1, -0.05) is 21.9 Å². The quantitative estimate of drug-likeness (QED) is 0.417. The molecule has 1 aliphatic rings. The van der Waals surface area contributed by atoms with Crippen LogP contribution in [-0.4, -0.2) is 29.4 Å². The zero-order valence-electron chi connectivity index (χ0n) is 4.60. The maximum Gasteiger partial charge on any atom is 0.0599 e. The lowest BCUT2D eigenvalue weighted by Gasteiger charge is -2.33. The fraction of sp³-hybridized carbons (Fsp3) is 0.667. The van der Waals surface area contributed by atoms with Crippen LogP contribution in [0.1, 0.15) is 0 Å². The summed E-state index contributed by atoms with van der Waals surface area (Å²) in [7, 11) is 0. The van der Waals surface area contributed by atoms with Crippen LogP contribution in [0.5, 0.6) is 0 Å². The van der Waals surface area contributed by atoms with Crippen molar-refractivity contribution in [2.45, 2.75) is 4.83 Å². The van der Waals surface area contributed by atoms with Crippen molar-refractivity contribution < 1.29 is 0 Å². The molecule has 1 saturated heterocycles. The first-order chi connectivity index (χ1) is 3.83. The molecule has 0 atom stereocenters. The third kappa shape index (κ3) is 1.24. The van der Waals surface area contributed by atoms with Crippen LogP contribution in [0, 0.1) is 12.3 Å². The fourth-order valence-electron chi connectivity index (χ4n) is 0.765. The van der Waals surface area contributed by atoms with Crippen LogP contribution in [0.2, 0.25) is 0 Å². The SMILES string of the molecule is C#CCN1CC(Br)C1. The number of halogens is 1. The summed E-state index contributed by atoms with van der Waals surface area (Å²) >= 11 is 3.46. The van der Waals surface area contributed by atoms with Crippen LogP contribution in [0.15, 0.2) is 0 Å². The second-order valence-corrected chi connectivity index (χ2v) is 3.29. The number of terminal acetylenes is 1. The second kappa shape index (κ2) is 2.52. The molecular formula is C6H8BrN. The number of hydrogen-bond donors (Lipinski definition) is 0. The monoisotopic (exact) mass is 173 g/mol. The van der Waals surface area contributed by atoms with Crippen molar-refractivity contribution in [2.75, 3.05) is 19.6 Å². The smallest absolute Gasteiger partial charge is 0.0599 e. The predicted molar refractivity (Wildman–Crippen MR) is 38.0 cm³/mol. The zero-order chi connectivity index (χ0) is 5.98. The van der Waals surface area contributed by atoms with E-state index in [0.717, 1.165) is 19.6 Å². The summed E-state index contributed by atoms with van der Waals surface area (Å²) in [5.74, 6) is 2.60. The van der Waals surface area contributed by atoms with E-state index < -0.39 is 0 Å². The molecule has 0 aromatic heterocycles. The molecule has 0 radical (unpaired) electrons. The molecule has 0 amide bonds. The highest BCUT2D eigenvalue weighted by Crippen LogP contribution is 2.13. The molecule has 8 heavy (non-hydrogen) atoms. The van der Waals surface area contributed by atoms with Crippen LogP contribution in [0.25, 0.3) is 0 Å². The minimum atomic E-state index is 0.691. The molecule has 0 saturated carbocycles. The fourth-order valence-corrected chi connectivity index (χ4v) is 1.58. The van der Waals surface area contributed by atoms with Crippen molar-refractivity contribution >= 4 is 15.9 Å². The summed E-state index contributed by atoms with van der Waals surface area (Å²) in [4.78, 5) is 2.91. The van der Waals surface area contributed by atoms with Crippen molar-refractivity contribution in [3.05, 3.63) is 0 Å². The Morgan fingerprint density at radius 3 is 2.75 bits per heavy atom. The Bertz CT molecular complexity index is 110. The molecule has 44 valence electrons. The molecule has 0 aromatic carbocycles. The highest BCUT2D eigenvalue weighted by Gasteiger charge is 2.21. The number of hydrogen-bond acceptors (Lipinski definition) is 1.